The van der Waals surface area contributed by atoms with Crippen LogP contribution >= 0.6 is 0 Å². The molecule has 3 aromatic carbocycles. The van der Waals surface area contributed by atoms with E-state index in [9.17, 15) is 18.7 Å². The summed E-state index contributed by atoms with van der Waals surface area (Å²) in [7, 11) is 0. The smallest absolute Gasteiger partial charge is 0.261 e. The Hall–Kier alpha value is -4.44. The number of benzene rings is 3. The minimum absolute atomic E-state index is 0.177. The standard InChI is InChI=1S/C27H24F2N6O2/c1-18(27(37,14-34-16-30-15-33-34)23-10-7-20(28)11-24(23)29)35-17-32-25-12-21(8-9-22(25)26(35)36)31-13-19-5-3-2-4-6-19/h2-12,15-18,31,37H,13-14H2,1H3/t18-,27-/m1/s1. The Morgan fingerprint density at radius 1 is 1.05 bits per heavy atom. The highest BCUT2D eigenvalue weighted by atomic mass is 19.1. The van der Waals surface area contributed by atoms with Crippen LogP contribution in [0.1, 0.15) is 24.1 Å². The molecule has 0 aliphatic rings. The molecule has 0 aliphatic carbocycles. The zero-order chi connectivity index (χ0) is 26.0. The Labute approximate surface area is 210 Å². The Bertz CT molecular complexity index is 1590. The largest absolute Gasteiger partial charge is 0.381 e. The van der Waals surface area contributed by atoms with Crippen molar-refractivity contribution in [3.05, 3.63) is 119 Å². The normalized spacial score (nSPS) is 13.8. The molecule has 0 spiro atoms. The van der Waals surface area contributed by atoms with Gasteiger partial charge in [0.1, 0.15) is 29.9 Å². The number of fused-ring (bicyclic) bond motifs is 1. The van der Waals surface area contributed by atoms with Crippen LogP contribution in [0.3, 0.4) is 0 Å². The van der Waals surface area contributed by atoms with Gasteiger partial charge in [0.05, 0.1) is 29.8 Å². The molecule has 0 aliphatic heterocycles. The maximum absolute atomic E-state index is 14.9. The second-order valence-corrected chi connectivity index (χ2v) is 8.85. The minimum atomic E-state index is -1.98. The third kappa shape index (κ3) is 4.83. The first-order chi connectivity index (χ1) is 17.8. The summed E-state index contributed by atoms with van der Waals surface area (Å²) < 4.78 is 31.1. The molecule has 0 radical (unpaired) electrons. The van der Waals surface area contributed by atoms with Crippen LogP contribution < -0.4 is 10.9 Å². The summed E-state index contributed by atoms with van der Waals surface area (Å²) in [6, 6.07) is 17.0. The van der Waals surface area contributed by atoms with Crippen LogP contribution in [0.15, 0.2) is 90.5 Å². The average Bonchev–Trinajstić information content (AvgIpc) is 3.40. The molecule has 188 valence electrons. The molecule has 0 amide bonds. The molecule has 2 N–H and O–H groups in total. The van der Waals surface area contributed by atoms with Crippen LogP contribution in [0, 0.1) is 11.6 Å². The van der Waals surface area contributed by atoms with Crippen LogP contribution in [0.5, 0.6) is 0 Å². The van der Waals surface area contributed by atoms with E-state index in [2.05, 4.69) is 20.4 Å². The summed E-state index contributed by atoms with van der Waals surface area (Å²) in [6.45, 7) is 1.95. The molecule has 0 bridgehead atoms. The molecular formula is C27H24F2N6O2. The zero-order valence-corrected chi connectivity index (χ0v) is 19.9. The lowest BCUT2D eigenvalue weighted by Gasteiger charge is -2.35. The van der Waals surface area contributed by atoms with Gasteiger partial charge in [-0.05, 0) is 36.8 Å². The number of anilines is 1. The van der Waals surface area contributed by atoms with Gasteiger partial charge in [0.25, 0.3) is 5.56 Å². The second kappa shape index (κ2) is 9.90. The molecule has 8 nitrogen and oxygen atoms in total. The van der Waals surface area contributed by atoms with Gasteiger partial charge < -0.3 is 10.4 Å². The number of aliphatic hydroxyl groups is 1. The van der Waals surface area contributed by atoms with Crippen molar-refractivity contribution >= 4 is 16.6 Å². The third-order valence-corrected chi connectivity index (χ3v) is 6.50. The lowest BCUT2D eigenvalue weighted by molar-refractivity contribution is -0.0343. The zero-order valence-electron chi connectivity index (χ0n) is 19.9. The van der Waals surface area contributed by atoms with Gasteiger partial charge in [-0.2, -0.15) is 5.10 Å². The van der Waals surface area contributed by atoms with Crippen LogP contribution in [0.25, 0.3) is 10.9 Å². The Morgan fingerprint density at radius 2 is 1.86 bits per heavy atom. The highest BCUT2D eigenvalue weighted by Gasteiger charge is 2.41. The van der Waals surface area contributed by atoms with Crippen molar-refractivity contribution in [1.82, 2.24) is 24.3 Å². The molecule has 10 heteroatoms. The topological polar surface area (TPSA) is 97.9 Å². The molecule has 2 aromatic heterocycles. The molecule has 2 heterocycles. The van der Waals surface area contributed by atoms with E-state index in [1.54, 1.807) is 25.1 Å². The lowest BCUT2D eigenvalue weighted by atomic mass is 9.86. The van der Waals surface area contributed by atoms with Gasteiger partial charge in [-0.3, -0.25) is 9.36 Å². The molecule has 0 unspecified atom stereocenters. The Morgan fingerprint density at radius 3 is 2.59 bits per heavy atom. The summed E-state index contributed by atoms with van der Waals surface area (Å²) in [6.07, 6.45) is 3.97. The van der Waals surface area contributed by atoms with E-state index >= 15 is 0 Å². The lowest BCUT2D eigenvalue weighted by Crippen LogP contribution is -2.43. The third-order valence-electron chi connectivity index (χ3n) is 6.50. The number of nitrogens with zero attached hydrogens (tertiary/aromatic N) is 5. The number of rotatable bonds is 8. The maximum Gasteiger partial charge on any atom is 0.261 e. The summed E-state index contributed by atoms with van der Waals surface area (Å²) in [5.41, 5.74) is -0.193. The highest BCUT2D eigenvalue weighted by molar-refractivity contribution is 5.81. The first kappa shape index (κ1) is 24.3. The van der Waals surface area contributed by atoms with E-state index in [-0.39, 0.29) is 12.1 Å². The fourth-order valence-electron chi connectivity index (χ4n) is 4.40. The van der Waals surface area contributed by atoms with E-state index < -0.39 is 28.8 Å². The molecule has 2 atom stereocenters. The van der Waals surface area contributed by atoms with E-state index in [0.29, 0.717) is 23.5 Å². The van der Waals surface area contributed by atoms with Crippen LogP contribution in [-0.2, 0) is 18.7 Å². The summed E-state index contributed by atoms with van der Waals surface area (Å²) >= 11 is 0. The number of nitrogens with one attached hydrogen (secondary N) is 1. The summed E-state index contributed by atoms with van der Waals surface area (Å²) in [5, 5.41) is 19.5. The van der Waals surface area contributed by atoms with E-state index in [4.69, 9.17) is 0 Å². The van der Waals surface area contributed by atoms with E-state index in [0.717, 1.165) is 17.3 Å². The van der Waals surface area contributed by atoms with Gasteiger partial charge >= 0.3 is 0 Å². The van der Waals surface area contributed by atoms with Crippen LogP contribution in [0.2, 0.25) is 0 Å². The van der Waals surface area contributed by atoms with Gasteiger partial charge in [0.15, 0.2) is 0 Å². The van der Waals surface area contributed by atoms with Gasteiger partial charge in [-0.15, -0.1) is 0 Å². The fraction of sp³-hybridized carbons (Fsp3) is 0.185. The first-order valence-corrected chi connectivity index (χ1v) is 11.6. The molecular weight excluding hydrogens is 478 g/mol. The number of hydrogen-bond acceptors (Lipinski definition) is 6. The molecule has 0 fully saturated rings. The second-order valence-electron chi connectivity index (χ2n) is 8.85. The molecule has 37 heavy (non-hydrogen) atoms. The van der Waals surface area contributed by atoms with Gasteiger partial charge in [-0.1, -0.05) is 36.4 Å². The average molecular weight is 503 g/mol. The van der Waals surface area contributed by atoms with Crippen LogP contribution in [-0.4, -0.2) is 29.4 Å². The predicted molar refractivity (Wildman–Crippen MR) is 135 cm³/mol. The van der Waals surface area contributed by atoms with Gasteiger partial charge in [0.2, 0.25) is 0 Å². The quantitative estimate of drug-likeness (QED) is 0.333. The number of hydrogen-bond donors (Lipinski definition) is 2. The van der Waals surface area contributed by atoms with E-state index in [1.807, 2.05) is 30.3 Å². The van der Waals surface area contributed by atoms with Crippen molar-refractivity contribution in [3.63, 3.8) is 0 Å². The van der Waals surface area contributed by atoms with Crippen molar-refractivity contribution in [3.8, 4) is 0 Å². The summed E-state index contributed by atoms with van der Waals surface area (Å²) in [4.78, 5) is 21.8. The van der Waals surface area contributed by atoms with Crippen molar-refractivity contribution in [2.24, 2.45) is 0 Å². The molecule has 5 rings (SSSR count). The van der Waals surface area contributed by atoms with Crippen molar-refractivity contribution in [1.29, 1.82) is 0 Å². The minimum Gasteiger partial charge on any atom is -0.381 e. The van der Waals surface area contributed by atoms with Gasteiger partial charge in [0, 0.05) is 23.9 Å². The number of halogens is 2. The fourth-order valence-corrected chi connectivity index (χ4v) is 4.40. The van der Waals surface area contributed by atoms with Crippen molar-refractivity contribution in [2.45, 2.75) is 31.7 Å². The van der Waals surface area contributed by atoms with Crippen LogP contribution in [0.4, 0.5) is 14.5 Å². The van der Waals surface area contributed by atoms with Gasteiger partial charge in [-0.25, -0.2) is 23.4 Å². The molecule has 0 saturated carbocycles. The number of aromatic nitrogens is 5. The Kier molecular flexibility index (Phi) is 6.49. The van der Waals surface area contributed by atoms with Crippen molar-refractivity contribution < 1.29 is 13.9 Å². The first-order valence-electron chi connectivity index (χ1n) is 11.6. The highest BCUT2D eigenvalue weighted by Crippen LogP contribution is 2.36. The van der Waals surface area contributed by atoms with E-state index in [1.165, 1.54) is 34.3 Å². The molecule has 5 aromatic rings. The maximum atomic E-state index is 14.9. The predicted octanol–water partition coefficient (Wildman–Crippen LogP) is 4.03. The molecule has 0 saturated heterocycles. The summed E-state index contributed by atoms with van der Waals surface area (Å²) in [5.74, 6) is -1.72. The van der Waals surface area contributed by atoms with Crippen molar-refractivity contribution in [2.75, 3.05) is 5.32 Å². The SMILES string of the molecule is C[C@@H](n1cnc2cc(NCc3ccccc3)ccc2c1=O)[C@](O)(Cn1cncn1)c1ccc(F)cc1F. The monoisotopic (exact) mass is 502 g/mol. The Balaban J connectivity index is 1.50.